The number of amides is 2. The maximum atomic E-state index is 14.0. The number of hydrogen-bond acceptors (Lipinski definition) is 5. The molecule has 40 heavy (non-hydrogen) atoms. The van der Waals surface area contributed by atoms with Crippen molar-refractivity contribution < 1.29 is 9.59 Å². The maximum absolute atomic E-state index is 14.0. The Kier molecular flexibility index (Phi) is 8.62. The number of tetrazole rings is 1. The number of nitrogens with zero attached hydrogens (tertiary/aromatic N) is 4. The molecule has 1 heterocycles. The SMILES string of the molecule is CC(C)(C)C1CCC(N(Cc2ccc(C(=O)Nc3nn[nH]n3)cc2)C(=O)c2ccc(C3CCCCC3)cc2)CC1. The third-order valence-electron chi connectivity index (χ3n) is 9.00. The normalized spacial score (nSPS) is 20.2. The van der Waals surface area contributed by atoms with E-state index in [1.807, 2.05) is 24.3 Å². The average Bonchev–Trinajstić information content (AvgIpc) is 3.49. The molecule has 3 aromatic rings. The van der Waals surface area contributed by atoms with Gasteiger partial charge in [-0.1, -0.05) is 69.4 Å². The number of anilines is 1. The second-order valence-electron chi connectivity index (χ2n) is 12.6. The second kappa shape index (κ2) is 12.3. The zero-order valence-corrected chi connectivity index (χ0v) is 24.0. The molecule has 0 unspecified atom stereocenters. The van der Waals surface area contributed by atoms with Gasteiger partial charge >= 0.3 is 0 Å². The van der Waals surface area contributed by atoms with Crippen molar-refractivity contribution in [2.24, 2.45) is 11.3 Å². The molecule has 1 aromatic heterocycles. The van der Waals surface area contributed by atoms with Crippen molar-refractivity contribution >= 4 is 17.8 Å². The molecule has 0 radical (unpaired) electrons. The number of hydrogen-bond donors (Lipinski definition) is 2. The van der Waals surface area contributed by atoms with E-state index in [-0.39, 0.29) is 29.2 Å². The topological polar surface area (TPSA) is 104 Å². The van der Waals surface area contributed by atoms with Gasteiger partial charge in [-0.25, -0.2) is 0 Å². The molecule has 2 N–H and O–H groups in total. The van der Waals surface area contributed by atoms with Crippen LogP contribution in [0.25, 0.3) is 0 Å². The molecule has 2 aliphatic carbocycles. The first kappa shape index (κ1) is 28.0. The lowest BCUT2D eigenvalue weighted by Gasteiger charge is -2.41. The number of aromatic amines is 1. The van der Waals surface area contributed by atoms with Crippen molar-refractivity contribution in [2.75, 3.05) is 5.32 Å². The van der Waals surface area contributed by atoms with E-state index in [4.69, 9.17) is 0 Å². The van der Waals surface area contributed by atoms with Crippen LogP contribution in [-0.4, -0.2) is 43.4 Å². The second-order valence-corrected chi connectivity index (χ2v) is 12.6. The Morgan fingerprint density at radius 2 is 1.52 bits per heavy atom. The minimum absolute atomic E-state index is 0.0910. The molecule has 0 bridgehead atoms. The van der Waals surface area contributed by atoms with Crippen molar-refractivity contribution in [3.63, 3.8) is 0 Å². The molecular formula is C32H42N6O2. The van der Waals surface area contributed by atoms with Gasteiger partial charge in [-0.15, -0.1) is 5.10 Å². The predicted octanol–water partition coefficient (Wildman–Crippen LogP) is 6.75. The van der Waals surface area contributed by atoms with Crippen LogP contribution in [0.3, 0.4) is 0 Å². The molecule has 2 fully saturated rings. The number of rotatable bonds is 7. The third kappa shape index (κ3) is 6.77. The highest BCUT2D eigenvalue weighted by molar-refractivity contribution is 6.03. The van der Waals surface area contributed by atoms with Gasteiger partial charge in [0.05, 0.1) is 0 Å². The van der Waals surface area contributed by atoms with Crippen molar-refractivity contribution in [2.45, 2.75) is 97.1 Å². The summed E-state index contributed by atoms with van der Waals surface area (Å²) in [5, 5.41) is 15.9. The number of carbonyl (C=O) groups excluding carboxylic acids is 2. The summed E-state index contributed by atoms with van der Waals surface area (Å²) in [5.41, 5.74) is 3.90. The van der Waals surface area contributed by atoms with Gasteiger partial charge in [0, 0.05) is 23.7 Å². The average molecular weight is 543 g/mol. The van der Waals surface area contributed by atoms with Gasteiger partial charge in [0.15, 0.2) is 0 Å². The third-order valence-corrected chi connectivity index (χ3v) is 9.00. The van der Waals surface area contributed by atoms with E-state index in [0.717, 1.165) is 36.8 Å². The van der Waals surface area contributed by atoms with Gasteiger partial charge in [-0.05, 0) is 96.4 Å². The van der Waals surface area contributed by atoms with Crippen LogP contribution in [0.1, 0.15) is 116 Å². The summed E-state index contributed by atoms with van der Waals surface area (Å²) in [6, 6.07) is 16.0. The van der Waals surface area contributed by atoms with Crippen LogP contribution < -0.4 is 5.32 Å². The highest BCUT2D eigenvalue weighted by Gasteiger charge is 2.34. The molecule has 8 nitrogen and oxygen atoms in total. The van der Waals surface area contributed by atoms with Crippen molar-refractivity contribution in [3.05, 3.63) is 70.8 Å². The Morgan fingerprint density at radius 1 is 0.875 bits per heavy atom. The quantitative estimate of drug-likeness (QED) is 0.344. The van der Waals surface area contributed by atoms with Crippen LogP contribution in [0, 0.1) is 11.3 Å². The maximum Gasteiger partial charge on any atom is 0.270 e. The minimum atomic E-state index is -0.306. The van der Waals surface area contributed by atoms with Crippen molar-refractivity contribution in [1.29, 1.82) is 0 Å². The van der Waals surface area contributed by atoms with E-state index in [0.29, 0.717) is 23.9 Å². The standard InChI is InChI=1S/C32H42N6O2/c1-32(2,3)27-17-19-28(20-18-27)38(30(40)26-15-13-24(14-16-26)23-7-5-4-6-8-23)21-22-9-11-25(12-10-22)29(39)33-31-34-36-37-35-31/h9-16,23,27-28H,4-8,17-21H2,1-3H3,(H2,33,34,35,36,37,39). The monoisotopic (exact) mass is 542 g/mol. The van der Waals surface area contributed by atoms with Crippen LogP contribution in [0.5, 0.6) is 0 Å². The minimum Gasteiger partial charge on any atom is -0.331 e. The molecule has 2 aromatic carbocycles. The number of H-pyrrole nitrogens is 1. The Balaban J connectivity index is 1.32. The van der Waals surface area contributed by atoms with Gasteiger partial charge in [0.1, 0.15) is 0 Å². The van der Waals surface area contributed by atoms with E-state index >= 15 is 0 Å². The Morgan fingerprint density at radius 3 is 2.12 bits per heavy atom. The van der Waals surface area contributed by atoms with Gasteiger partial charge in [0.2, 0.25) is 0 Å². The van der Waals surface area contributed by atoms with E-state index in [9.17, 15) is 9.59 Å². The predicted molar refractivity (Wildman–Crippen MR) is 156 cm³/mol. The molecule has 2 aliphatic rings. The van der Waals surface area contributed by atoms with E-state index in [1.54, 1.807) is 12.1 Å². The zero-order chi connectivity index (χ0) is 28.1. The Bertz CT molecular complexity index is 1250. The van der Waals surface area contributed by atoms with Gasteiger partial charge in [-0.3, -0.25) is 14.9 Å². The van der Waals surface area contributed by atoms with Crippen molar-refractivity contribution in [1.82, 2.24) is 25.5 Å². The summed E-state index contributed by atoms with van der Waals surface area (Å²) >= 11 is 0. The summed E-state index contributed by atoms with van der Waals surface area (Å²) < 4.78 is 0. The number of benzene rings is 2. The molecule has 0 atom stereocenters. The first-order valence-electron chi connectivity index (χ1n) is 14.8. The van der Waals surface area contributed by atoms with Crippen LogP contribution in [0.15, 0.2) is 48.5 Å². The van der Waals surface area contributed by atoms with Gasteiger partial charge in [0.25, 0.3) is 17.8 Å². The molecule has 0 saturated heterocycles. The van der Waals surface area contributed by atoms with Crippen LogP contribution in [0.2, 0.25) is 0 Å². The smallest absolute Gasteiger partial charge is 0.270 e. The fourth-order valence-electron chi connectivity index (χ4n) is 6.47. The Hall–Kier alpha value is -3.55. The van der Waals surface area contributed by atoms with Crippen molar-refractivity contribution in [3.8, 4) is 0 Å². The summed E-state index contributed by atoms with van der Waals surface area (Å²) in [6.07, 6.45) is 10.7. The number of carbonyl (C=O) groups is 2. The van der Waals surface area contributed by atoms with E-state index < -0.39 is 0 Å². The lowest BCUT2D eigenvalue weighted by Crippen LogP contribution is -2.43. The largest absolute Gasteiger partial charge is 0.331 e. The summed E-state index contributed by atoms with van der Waals surface area (Å²) in [6.45, 7) is 7.49. The lowest BCUT2D eigenvalue weighted by molar-refractivity contribution is 0.0530. The molecule has 8 heteroatoms. The highest BCUT2D eigenvalue weighted by Crippen LogP contribution is 2.40. The molecule has 0 spiro atoms. The lowest BCUT2D eigenvalue weighted by atomic mass is 9.71. The molecule has 212 valence electrons. The van der Waals surface area contributed by atoms with E-state index in [1.165, 1.54) is 37.7 Å². The molecule has 2 amide bonds. The summed E-state index contributed by atoms with van der Waals surface area (Å²) in [4.78, 5) is 28.6. The number of nitrogens with one attached hydrogen (secondary N) is 2. The van der Waals surface area contributed by atoms with Gasteiger partial charge in [-0.2, -0.15) is 5.21 Å². The fourth-order valence-corrected chi connectivity index (χ4v) is 6.47. The first-order chi connectivity index (χ1) is 19.3. The van der Waals surface area contributed by atoms with Crippen LogP contribution in [0.4, 0.5) is 5.95 Å². The highest BCUT2D eigenvalue weighted by atomic mass is 16.2. The first-order valence-corrected chi connectivity index (χ1v) is 14.8. The summed E-state index contributed by atoms with van der Waals surface area (Å²) in [7, 11) is 0. The molecular weight excluding hydrogens is 500 g/mol. The van der Waals surface area contributed by atoms with Crippen LogP contribution in [-0.2, 0) is 6.54 Å². The Labute approximate surface area is 237 Å². The van der Waals surface area contributed by atoms with Crippen LogP contribution >= 0.6 is 0 Å². The van der Waals surface area contributed by atoms with E-state index in [2.05, 4.69) is 63.7 Å². The zero-order valence-electron chi connectivity index (χ0n) is 24.0. The molecule has 2 saturated carbocycles. The fraction of sp³-hybridized carbons (Fsp3) is 0.531. The molecule has 5 rings (SSSR count). The van der Waals surface area contributed by atoms with Gasteiger partial charge < -0.3 is 4.90 Å². The molecule has 0 aliphatic heterocycles. The number of aromatic nitrogens is 4. The summed E-state index contributed by atoms with van der Waals surface area (Å²) in [5.74, 6) is 1.21.